The molecule has 1 aromatic carbocycles. The van der Waals surface area contributed by atoms with Crippen LogP contribution in [0.4, 0.5) is 5.69 Å². The van der Waals surface area contributed by atoms with Crippen LogP contribution in [0.25, 0.3) is 0 Å². The molecule has 2 heterocycles. The second-order valence-corrected chi connectivity index (χ2v) is 5.20. The molecule has 0 aromatic heterocycles. The number of allylic oxidation sites excluding steroid dienone is 3. The fraction of sp³-hybridized carbons (Fsp3) is 0.267. The molecule has 4 nitrogen and oxygen atoms in total. The van der Waals surface area contributed by atoms with Crippen molar-refractivity contribution in [1.82, 2.24) is 10.7 Å². The number of nitrogens with one attached hydrogen (secondary N) is 3. The molecular weight excluding hydrogens is 238 g/mol. The van der Waals surface area contributed by atoms with Crippen molar-refractivity contribution >= 4 is 11.6 Å². The maximum Gasteiger partial charge on any atom is 0.228 e. The van der Waals surface area contributed by atoms with Crippen LogP contribution in [-0.4, -0.2) is 11.9 Å². The second kappa shape index (κ2) is 3.96. The first-order valence-corrected chi connectivity index (χ1v) is 6.62. The third kappa shape index (κ3) is 1.53. The summed E-state index contributed by atoms with van der Waals surface area (Å²) >= 11 is 0. The number of fused-ring (bicyclic) bond motifs is 5. The first kappa shape index (κ1) is 10.8. The average Bonchev–Trinajstić information content (AvgIpc) is 2.47. The Morgan fingerprint density at radius 2 is 2.05 bits per heavy atom. The number of para-hydroxylation sites is 1. The summed E-state index contributed by atoms with van der Waals surface area (Å²) < 4.78 is 0. The van der Waals surface area contributed by atoms with E-state index in [9.17, 15) is 4.79 Å². The molecule has 3 N–H and O–H groups in total. The smallest absolute Gasteiger partial charge is 0.228 e. The fourth-order valence-corrected chi connectivity index (χ4v) is 3.22. The topological polar surface area (TPSA) is 53.2 Å². The van der Waals surface area contributed by atoms with Gasteiger partial charge >= 0.3 is 0 Å². The van der Waals surface area contributed by atoms with Crippen LogP contribution in [0.2, 0.25) is 0 Å². The summed E-state index contributed by atoms with van der Waals surface area (Å²) in [5.74, 6) is 0.112. The number of carbonyl (C=O) groups is 1. The SMILES string of the molecule is O=C1NC2c3ccccc3NNC2C2=CC=CCC12. The van der Waals surface area contributed by atoms with Crippen molar-refractivity contribution in [2.75, 3.05) is 5.43 Å². The molecule has 3 unspecified atom stereocenters. The van der Waals surface area contributed by atoms with E-state index >= 15 is 0 Å². The lowest BCUT2D eigenvalue weighted by atomic mass is 9.77. The van der Waals surface area contributed by atoms with E-state index in [1.165, 1.54) is 5.57 Å². The maximum absolute atomic E-state index is 12.3. The Balaban J connectivity index is 1.80. The van der Waals surface area contributed by atoms with Gasteiger partial charge in [0.25, 0.3) is 0 Å². The predicted octanol–water partition coefficient (Wildman–Crippen LogP) is 1.66. The largest absolute Gasteiger partial charge is 0.347 e. The summed E-state index contributed by atoms with van der Waals surface area (Å²) in [5, 5.41) is 3.16. The van der Waals surface area contributed by atoms with Gasteiger partial charge in [0.05, 0.1) is 23.7 Å². The minimum absolute atomic E-state index is 0.0129. The third-order valence-electron chi connectivity index (χ3n) is 4.16. The van der Waals surface area contributed by atoms with Crippen molar-refractivity contribution in [2.45, 2.75) is 18.5 Å². The molecule has 0 spiro atoms. The number of benzene rings is 1. The molecule has 1 amide bonds. The number of hydrogen-bond donors (Lipinski definition) is 3. The molecule has 0 bridgehead atoms. The van der Waals surface area contributed by atoms with Crippen molar-refractivity contribution in [3.8, 4) is 0 Å². The molecule has 0 saturated carbocycles. The zero-order valence-electron chi connectivity index (χ0n) is 10.4. The van der Waals surface area contributed by atoms with Gasteiger partial charge in [-0.3, -0.25) is 4.79 Å². The van der Waals surface area contributed by atoms with E-state index in [1.54, 1.807) is 0 Å². The van der Waals surface area contributed by atoms with Crippen LogP contribution in [0.5, 0.6) is 0 Å². The number of rotatable bonds is 0. The van der Waals surface area contributed by atoms with E-state index in [0.29, 0.717) is 0 Å². The number of anilines is 1. The molecule has 1 aromatic rings. The molecular formula is C15H15N3O. The van der Waals surface area contributed by atoms with Gasteiger partial charge in [-0.05, 0) is 18.1 Å². The minimum Gasteiger partial charge on any atom is -0.347 e. The summed E-state index contributed by atoms with van der Waals surface area (Å²) in [6.07, 6.45) is 6.97. The van der Waals surface area contributed by atoms with E-state index in [0.717, 1.165) is 17.7 Å². The average molecular weight is 253 g/mol. The summed E-state index contributed by atoms with van der Waals surface area (Å²) in [5.41, 5.74) is 9.94. The Hall–Kier alpha value is -2.07. The Labute approximate surface area is 111 Å². The molecule has 1 aliphatic carbocycles. The van der Waals surface area contributed by atoms with Crippen molar-refractivity contribution in [3.63, 3.8) is 0 Å². The highest BCUT2D eigenvalue weighted by Crippen LogP contribution is 2.39. The lowest BCUT2D eigenvalue weighted by Gasteiger charge is -2.43. The zero-order chi connectivity index (χ0) is 12.8. The number of hydrogen-bond acceptors (Lipinski definition) is 3. The summed E-state index contributed by atoms with van der Waals surface area (Å²) in [7, 11) is 0. The number of piperidine rings is 1. The Morgan fingerprint density at radius 1 is 1.16 bits per heavy atom. The van der Waals surface area contributed by atoms with Gasteiger partial charge in [-0.2, -0.15) is 0 Å². The first-order valence-electron chi connectivity index (χ1n) is 6.62. The highest BCUT2D eigenvalue weighted by molar-refractivity contribution is 5.85. The molecule has 3 aliphatic rings. The van der Waals surface area contributed by atoms with Gasteiger partial charge in [-0.15, -0.1) is 0 Å². The lowest BCUT2D eigenvalue weighted by molar-refractivity contribution is -0.126. The van der Waals surface area contributed by atoms with Gasteiger partial charge in [-0.1, -0.05) is 36.4 Å². The third-order valence-corrected chi connectivity index (χ3v) is 4.16. The molecule has 4 rings (SSSR count). The highest BCUT2D eigenvalue weighted by atomic mass is 16.2. The van der Waals surface area contributed by atoms with Gasteiger partial charge in [0.15, 0.2) is 0 Å². The van der Waals surface area contributed by atoms with Crippen LogP contribution in [0.3, 0.4) is 0 Å². The van der Waals surface area contributed by atoms with E-state index < -0.39 is 0 Å². The normalized spacial score (nSPS) is 31.3. The minimum atomic E-state index is -0.0224. The van der Waals surface area contributed by atoms with E-state index in [-0.39, 0.29) is 23.9 Å². The number of carbonyl (C=O) groups excluding carboxylic acids is 1. The van der Waals surface area contributed by atoms with Crippen LogP contribution < -0.4 is 16.2 Å². The van der Waals surface area contributed by atoms with Crippen molar-refractivity contribution in [2.24, 2.45) is 5.92 Å². The second-order valence-electron chi connectivity index (χ2n) is 5.20. The fourth-order valence-electron chi connectivity index (χ4n) is 3.22. The van der Waals surface area contributed by atoms with Gasteiger partial charge in [0.1, 0.15) is 0 Å². The van der Waals surface area contributed by atoms with E-state index in [4.69, 9.17) is 0 Å². The molecule has 0 radical (unpaired) electrons. The number of amides is 1. The quantitative estimate of drug-likeness (QED) is 0.659. The highest BCUT2D eigenvalue weighted by Gasteiger charge is 2.42. The summed E-state index contributed by atoms with van der Waals surface area (Å²) in [6, 6.07) is 8.23. The van der Waals surface area contributed by atoms with Crippen LogP contribution in [0, 0.1) is 5.92 Å². The Bertz CT molecular complexity index is 605. The summed E-state index contributed by atoms with van der Waals surface area (Å²) in [4.78, 5) is 12.3. The van der Waals surface area contributed by atoms with Crippen molar-refractivity contribution in [1.29, 1.82) is 0 Å². The number of hydrazine groups is 1. The predicted molar refractivity (Wildman–Crippen MR) is 73.2 cm³/mol. The molecule has 4 heteroatoms. The standard InChI is InChI=1S/C15H15N3O/c19-15-10-6-2-1-5-9(10)14-13(16-15)11-7-3-4-8-12(11)17-18-14/h1-5,7-8,10,13-14,17-18H,6H2,(H,16,19). The molecule has 96 valence electrons. The van der Waals surface area contributed by atoms with Crippen molar-refractivity contribution in [3.05, 3.63) is 53.6 Å². The van der Waals surface area contributed by atoms with Crippen LogP contribution in [0.15, 0.2) is 48.1 Å². The van der Waals surface area contributed by atoms with Gasteiger partial charge in [0, 0.05) is 5.56 Å². The van der Waals surface area contributed by atoms with Gasteiger partial charge in [0.2, 0.25) is 5.91 Å². The monoisotopic (exact) mass is 253 g/mol. The molecule has 1 saturated heterocycles. The van der Waals surface area contributed by atoms with Crippen LogP contribution >= 0.6 is 0 Å². The lowest BCUT2D eigenvalue weighted by Crippen LogP contribution is -2.57. The molecule has 19 heavy (non-hydrogen) atoms. The molecule has 1 fully saturated rings. The van der Waals surface area contributed by atoms with Crippen LogP contribution in [0.1, 0.15) is 18.0 Å². The summed E-state index contributed by atoms with van der Waals surface area (Å²) in [6.45, 7) is 0. The molecule has 2 aliphatic heterocycles. The zero-order valence-corrected chi connectivity index (χ0v) is 10.4. The van der Waals surface area contributed by atoms with Gasteiger partial charge in [-0.25, -0.2) is 5.43 Å². The molecule has 3 atom stereocenters. The Kier molecular flexibility index (Phi) is 2.26. The van der Waals surface area contributed by atoms with E-state index in [2.05, 4.69) is 34.4 Å². The maximum atomic E-state index is 12.3. The van der Waals surface area contributed by atoms with Crippen molar-refractivity contribution < 1.29 is 4.79 Å². The van der Waals surface area contributed by atoms with E-state index in [1.807, 2.05) is 24.3 Å². The first-order chi connectivity index (χ1) is 9.34. The van der Waals surface area contributed by atoms with Gasteiger partial charge < -0.3 is 10.7 Å². The van der Waals surface area contributed by atoms with Crippen LogP contribution in [-0.2, 0) is 4.79 Å². The Morgan fingerprint density at radius 3 is 3.00 bits per heavy atom.